The maximum Gasteiger partial charge on any atom is 0.262 e. The second-order valence-corrected chi connectivity index (χ2v) is 6.40. The molecule has 0 saturated carbocycles. The molecular formula is C20H20N6O3. The van der Waals surface area contributed by atoms with E-state index in [1.54, 1.807) is 12.1 Å². The van der Waals surface area contributed by atoms with Gasteiger partial charge < -0.3 is 0 Å². The molecule has 0 bridgehead atoms. The van der Waals surface area contributed by atoms with Gasteiger partial charge >= 0.3 is 0 Å². The first-order chi connectivity index (χ1) is 14.0. The van der Waals surface area contributed by atoms with E-state index < -0.39 is 11.8 Å². The van der Waals surface area contributed by atoms with Crippen molar-refractivity contribution in [3.8, 4) is 11.4 Å². The minimum absolute atomic E-state index is 0.0350. The number of ketones is 1. The molecule has 29 heavy (non-hydrogen) atoms. The van der Waals surface area contributed by atoms with E-state index in [0.29, 0.717) is 11.4 Å². The van der Waals surface area contributed by atoms with Gasteiger partial charge in [-0.15, -0.1) is 10.2 Å². The second-order valence-electron chi connectivity index (χ2n) is 6.40. The number of nitrogens with zero attached hydrogens (tertiary/aromatic N) is 4. The van der Waals surface area contributed by atoms with Crippen LogP contribution in [0.5, 0.6) is 0 Å². The van der Waals surface area contributed by atoms with Crippen LogP contribution in [0.3, 0.4) is 0 Å². The fourth-order valence-corrected chi connectivity index (χ4v) is 2.49. The van der Waals surface area contributed by atoms with Crippen molar-refractivity contribution in [1.29, 1.82) is 0 Å². The Bertz CT molecular complexity index is 999. The summed E-state index contributed by atoms with van der Waals surface area (Å²) in [5.41, 5.74) is 6.94. The highest BCUT2D eigenvalue weighted by atomic mass is 16.2. The number of hydrogen-bond acceptors (Lipinski definition) is 6. The van der Waals surface area contributed by atoms with Gasteiger partial charge in [-0.25, -0.2) is 0 Å². The summed E-state index contributed by atoms with van der Waals surface area (Å²) in [5, 5.41) is 11.8. The summed E-state index contributed by atoms with van der Waals surface area (Å²) in [6.45, 7) is 1.73. The van der Waals surface area contributed by atoms with Crippen molar-refractivity contribution in [2.45, 2.75) is 26.3 Å². The monoisotopic (exact) mass is 392 g/mol. The fourth-order valence-electron chi connectivity index (χ4n) is 2.49. The van der Waals surface area contributed by atoms with Crippen LogP contribution in [0.15, 0.2) is 54.6 Å². The van der Waals surface area contributed by atoms with Crippen molar-refractivity contribution < 1.29 is 14.4 Å². The Morgan fingerprint density at radius 3 is 2.31 bits per heavy atom. The summed E-state index contributed by atoms with van der Waals surface area (Å²) in [6.07, 6.45) is 0.0164. The maximum absolute atomic E-state index is 12.1. The lowest BCUT2D eigenvalue weighted by atomic mass is 10.1. The minimum atomic E-state index is -0.514. The number of tetrazole rings is 1. The highest BCUT2D eigenvalue weighted by molar-refractivity contribution is 5.98. The van der Waals surface area contributed by atoms with Gasteiger partial charge in [0.2, 0.25) is 11.7 Å². The number of aromatic nitrogens is 4. The van der Waals surface area contributed by atoms with Gasteiger partial charge in [-0.2, -0.15) is 4.80 Å². The number of benzene rings is 2. The molecule has 0 aliphatic heterocycles. The molecule has 2 aromatic carbocycles. The number of hydrazine groups is 1. The van der Waals surface area contributed by atoms with Gasteiger partial charge in [0.15, 0.2) is 5.78 Å². The van der Waals surface area contributed by atoms with E-state index in [0.717, 1.165) is 15.9 Å². The lowest BCUT2D eigenvalue weighted by Gasteiger charge is -2.06. The Hall–Kier alpha value is -3.88. The van der Waals surface area contributed by atoms with E-state index in [1.807, 2.05) is 49.4 Å². The van der Waals surface area contributed by atoms with Crippen LogP contribution >= 0.6 is 0 Å². The van der Waals surface area contributed by atoms with Crippen molar-refractivity contribution in [2.75, 3.05) is 0 Å². The van der Waals surface area contributed by atoms with Gasteiger partial charge in [0.05, 0.1) is 0 Å². The van der Waals surface area contributed by atoms with E-state index in [-0.39, 0.29) is 25.2 Å². The summed E-state index contributed by atoms with van der Waals surface area (Å²) < 4.78 is 0. The molecule has 0 unspecified atom stereocenters. The van der Waals surface area contributed by atoms with Crippen LogP contribution in [-0.4, -0.2) is 37.8 Å². The van der Waals surface area contributed by atoms with Crippen LogP contribution in [0, 0.1) is 6.92 Å². The molecule has 2 amide bonds. The Kier molecular flexibility index (Phi) is 6.41. The topological polar surface area (TPSA) is 119 Å². The number of carbonyl (C=O) groups excluding carboxylic acids is 3. The normalized spacial score (nSPS) is 10.4. The predicted molar refractivity (Wildman–Crippen MR) is 104 cm³/mol. The largest absolute Gasteiger partial charge is 0.294 e. The third-order valence-corrected chi connectivity index (χ3v) is 4.06. The smallest absolute Gasteiger partial charge is 0.262 e. The molecule has 0 atom stereocenters. The molecule has 3 aromatic rings. The second kappa shape index (κ2) is 9.36. The lowest BCUT2D eigenvalue weighted by Crippen LogP contribution is -2.43. The van der Waals surface area contributed by atoms with Gasteiger partial charge in [-0.1, -0.05) is 60.2 Å². The third-order valence-electron chi connectivity index (χ3n) is 4.06. The number of rotatable bonds is 7. The van der Waals surface area contributed by atoms with Crippen LogP contribution in [-0.2, 0) is 16.1 Å². The molecule has 0 radical (unpaired) electrons. The Morgan fingerprint density at radius 1 is 0.897 bits per heavy atom. The molecular weight excluding hydrogens is 372 g/mol. The van der Waals surface area contributed by atoms with Crippen molar-refractivity contribution in [3.05, 3.63) is 65.7 Å². The van der Waals surface area contributed by atoms with Gasteiger partial charge in [0, 0.05) is 24.0 Å². The third kappa shape index (κ3) is 5.80. The van der Waals surface area contributed by atoms with E-state index in [2.05, 4.69) is 26.3 Å². The zero-order valence-corrected chi connectivity index (χ0v) is 15.8. The Balaban J connectivity index is 1.41. The van der Waals surface area contributed by atoms with Crippen molar-refractivity contribution in [3.63, 3.8) is 0 Å². The molecule has 148 valence electrons. The molecule has 0 spiro atoms. The van der Waals surface area contributed by atoms with Crippen molar-refractivity contribution >= 4 is 17.6 Å². The SMILES string of the molecule is Cc1ccc(C(=O)CCC(=O)NNC(=O)Cn2nnc(-c3ccccc3)n2)cc1. The van der Waals surface area contributed by atoms with E-state index in [9.17, 15) is 14.4 Å². The molecule has 9 nitrogen and oxygen atoms in total. The number of nitrogens with one attached hydrogen (secondary N) is 2. The minimum Gasteiger partial charge on any atom is -0.294 e. The summed E-state index contributed by atoms with van der Waals surface area (Å²) in [7, 11) is 0. The first kappa shape index (κ1) is 19.9. The van der Waals surface area contributed by atoms with E-state index >= 15 is 0 Å². The fraction of sp³-hybridized carbons (Fsp3) is 0.200. The lowest BCUT2D eigenvalue weighted by molar-refractivity contribution is -0.129. The average Bonchev–Trinajstić information content (AvgIpc) is 3.20. The number of carbonyl (C=O) groups is 3. The van der Waals surface area contributed by atoms with Crippen LogP contribution in [0.4, 0.5) is 0 Å². The summed E-state index contributed by atoms with van der Waals surface area (Å²) in [6, 6.07) is 16.4. The van der Waals surface area contributed by atoms with Crippen LogP contribution in [0.1, 0.15) is 28.8 Å². The van der Waals surface area contributed by atoms with Gasteiger partial charge in [-0.3, -0.25) is 25.2 Å². The number of Topliss-reactive ketones (excluding diaryl/α,β-unsaturated/α-hetero) is 1. The standard InChI is InChI=1S/C20H20N6O3/c1-14-7-9-15(10-8-14)17(27)11-12-18(28)21-22-19(29)13-26-24-20(23-25-26)16-5-3-2-4-6-16/h2-10H,11-13H2,1H3,(H,21,28)(H,22,29). The van der Waals surface area contributed by atoms with E-state index in [4.69, 9.17) is 0 Å². The summed E-state index contributed by atoms with van der Waals surface area (Å²) >= 11 is 0. The van der Waals surface area contributed by atoms with Crippen molar-refractivity contribution in [2.24, 2.45) is 0 Å². The van der Waals surface area contributed by atoms with Gasteiger partial charge in [0.25, 0.3) is 5.91 Å². The maximum atomic E-state index is 12.1. The van der Waals surface area contributed by atoms with Crippen LogP contribution in [0.25, 0.3) is 11.4 Å². The Morgan fingerprint density at radius 2 is 1.59 bits per heavy atom. The highest BCUT2D eigenvalue weighted by Crippen LogP contribution is 2.11. The van der Waals surface area contributed by atoms with Crippen LogP contribution < -0.4 is 10.9 Å². The predicted octanol–water partition coefficient (Wildman–Crippen LogP) is 1.46. The molecule has 3 rings (SSSR count). The number of hydrogen-bond donors (Lipinski definition) is 2. The molecule has 0 fully saturated rings. The molecule has 9 heteroatoms. The first-order valence-corrected chi connectivity index (χ1v) is 9.02. The van der Waals surface area contributed by atoms with Crippen molar-refractivity contribution in [1.82, 2.24) is 31.1 Å². The first-order valence-electron chi connectivity index (χ1n) is 9.02. The summed E-state index contributed by atoms with van der Waals surface area (Å²) in [4.78, 5) is 37.0. The molecule has 0 aliphatic carbocycles. The summed E-state index contributed by atoms with van der Waals surface area (Å²) in [5.74, 6) is -0.709. The number of amides is 2. The molecule has 1 aromatic heterocycles. The highest BCUT2D eigenvalue weighted by Gasteiger charge is 2.12. The Labute approximate surface area is 167 Å². The quantitative estimate of drug-likeness (QED) is 0.464. The average molecular weight is 392 g/mol. The molecule has 1 heterocycles. The molecule has 2 N–H and O–H groups in total. The zero-order chi connectivity index (χ0) is 20.6. The zero-order valence-electron chi connectivity index (χ0n) is 15.8. The van der Waals surface area contributed by atoms with Gasteiger partial charge in [0.1, 0.15) is 6.54 Å². The molecule has 0 aliphatic rings. The van der Waals surface area contributed by atoms with Gasteiger partial charge in [-0.05, 0) is 12.1 Å². The number of aryl methyl sites for hydroxylation is 1. The van der Waals surface area contributed by atoms with E-state index in [1.165, 1.54) is 0 Å². The van der Waals surface area contributed by atoms with Crippen LogP contribution in [0.2, 0.25) is 0 Å². The molecule has 0 saturated heterocycles.